The van der Waals surface area contributed by atoms with Crippen LogP contribution in [0.5, 0.6) is 0 Å². The third kappa shape index (κ3) is 3.47. The van der Waals surface area contributed by atoms with Gasteiger partial charge in [0.1, 0.15) is 0 Å². The lowest BCUT2D eigenvalue weighted by atomic mass is 10.1. The summed E-state index contributed by atoms with van der Waals surface area (Å²) in [6, 6.07) is 12.5. The summed E-state index contributed by atoms with van der Waals surface area (Å²) in [5.74, 6) is -0.0630. The van der Waals surface area contributed by atoms with Gasteiger partial charge in [0.2, 0.25) is 0 Å². The van der Waals surface area contributed by atoms with Crippen molar-refractivity contribution >= 4 is 34.2 Å². The van der Waals surface area contributed by atoms with Crippen molar-refractivity contribution in [1.29, 1.82) is 0 Å². The highest BCUT2D eigenvalue weighted by molar-refractivity contribution is 6.05. The number of aryl methyl sites for hydroxylation is 1. The predicted octanol–water partition coefficient (Wildman–Crippen LogP) is 3.82. The maximum atomic E-state index is 12.3. The summed E-state index contributed by atoms with van der Waals surface area (Å²) in [5, 5.41) is 6.66. The van der Waals surface area contributed by atoms with Crippen molar-refractivity contribution in [3.05, 3.63) is 59.8 Å². The van der Waals surface area contributed by atoms with Crippen LogP contribution in [0.4, 0.5) is 16.2 Å². The number of H-pyrrole nitrogens is 1. The molecule has 0 unspecified atom stereocenters. The summed E-state index contributed by atoms with van der Waals surface area (Å²) in [4.78, 5) is 29.0. The summed E-state index contributed by atoms with van der Waals surface area (Å²) in [5.41, 5.74) is 3.64. The Labute approximate surface area is 145 Å². The minimum absolute atomic E-state index is 0.0630. The van der Waals surface area contributed by atoms with Gasteiger partial charge in [-0.2, -0.15) is 0 Å². The second-order valence-corrected chi connectivity index (χ2v) is 6.06. The van der Waals surface area contributed by atoms with Crippen molar-refractivity contribution in [2.75, 3.05) is 24.7 Å². The molecule has 3 amide bonds. The fourth-order valence-electron chi connectivity index (χ4n) is 2.70. The van der Waals surface area contributed by atoms with Crippen molar-refractivity contribution in [1.82, 2.24) is 9.88 Å². The van der Waals surface area contributed by atoms with Gasteiger partial charge in [-0.25, -0.2) is 4.79 Å². The number of fused-ring (bicyclic) bond motifs is 1. The summed E-state index contributed by atoms with van der Waals surface area (Å²) < 4.78 is 0. The molecule has 3 rings (SSSR count). The number of carbonyl (C=O) groups excluding carboxylic acids is 2. The van der Waals surface area contributed by atoms with Crippen LogP contribution >= 0.6 is 0 Å². The minimum atomic E-state index is -0.340. The van der Waals surface area contributed by atoms with E-state index < -0.39 is 0 Å². The Balaban J connectivity index is 1.74. The number of anilines is 2. The van der Waals surface area contributed by atoms with Crippen molar-refractivity contribution in [2.24, 2.45) is 0 Å². The lowest BCUT2D eigenvalue weighted by Gasteiger charge is -2.14. The molecule has 1 aromatic heterocycles. The number of carbonyl (C=O) groups is 2. The van der Waals surface area contributed by atoms with E-state index in [9.17, 15) is 9.59 Å². The van der Waals surface area contributed by atoms with Gasteiger partial charge in [-0.15, -0.1) is 0 Å². The van der Waals surface area contributed by atoms with Crippen molar-refractivity contribution in [3.8, 4) is 0 Å². The molecule has 0 radical (unpaired) electrons. The Hall–Kier alpha value is -3.28. The quantitative estimate of drug-likeness (QED) is 0.680. The van der Waals surface area contributed by atoms with Crippen LogP contribution in [0.1, 0.15) is 15.9 Å². The fraction of sp³-hybridized carbons (Fsp3) is 0.158. The minimum Gasteiger partial charge on any atom is -0.359 e. The molecule has 0 spiro atoms. The summed E-state index contributed by atoms with van der Waals surface area (Å²) >= 11 is 0. The van der Waals surface area contributed by atoms with Crippen LogP contribution in [0.2, 0.25) is 0 Å². The molecule has 2 aromatic carbocycles. The van der Waals surface area contributed by atoms with Gasteiger partial charge in [0, 0.05) is 36.9 Å². The number of hydrogen-bond donors (Lipinski definition) is 3. The number of rotatable bonds is 3. The summed E-state index contributed by atoms with van der Waals surface area (Å²) in [7, 11) is 3.42. The SMILES string of the molecule is Cc1cc(NC(=O)Nc2cccc3cc[nH]c23)ccc1C(=O)N(C)C. The first-order valence-electron chi connectivity index (χ1n) is 7.92. The molecule has 0 atom stereocenters. The zero-order valence-corrected chi connectivity index (χ0v) is 14.4. The molecule has 0 bridgehead atoms. The van der Waals surface area contributed by atoms with Crippen molar-refractivity contribution in [3.63, 3.8) is 0 Å². The zero-order valence-electron chi connectivity index (χ0n) is 14.4. The first-order valence-corrected chi connectivity index (χ1v) is 7.92. The number of para-hydroxylation sites is 1. The standard InChI is InChI=1S/C19H20N4O2/c1-12-11-14(7-8-15(12)18(24)23(2)3)21-19(25)22-16-6-4-5-13-9-10-20-17(13)16/h4-11,20H,1-3H3,(H2,21,22,25). The summed E-state index contributed by atoms with van der Waals surface area (Å²) in [6.45, 7) is 1.85. The number of amides is 3. The van der Waals surface area contributed by atoms with E-state index in [0.717, 1.165) is 16.5 Å². The molecule has 25 heavy (non-hydrogen) atoms. The number of nitrogens with one attached hydrogen (secondary N) is 3. The second-order valence-electron chi connectivity index (χ2n) is 6.06. The molecule has 128 valence electrons. The molecule has 3 N–H and O–H groups in total. The lowest BCUT2D eigenvalue weighted by Crippen LogP contribution is -2.23. The van der Waals surface area contributed by atoms with Gasteiger partial charge in [-0.05, 0) is 42.8 Å². The molecule has 0 aliphatic rings. The lowest BCUT2D eigenvalue weighted by molar-refractivity contribution is 0.0827. The van der Waals surface area contributed by atoms with E-state index in [1.165, 1.54) is 4.90 Å². The van der Waals surface area contributed by atoms with Crippen LogP contribution in [-0.2, 0) is 0 Å². The van der Waals surface area contributed by atoms with Crippen LogP contribution in [0, 0.1) is 6.92 Å². The van der Waals surface area contributed by atoms with E-state index >= 15 is 0 Å². The molecule has 0 saturated heterocycles. The zero-order chi connectivity index (χ0) is 18.0. The average Bonchev–Trinajstić information content (AvgIpc) is 3.04. The smallest absolute Gasteiger partial charge is 0.323 e. The highest BCUT2D eigenvalue weighted by atomic mass is 16.2. The predicted molar refractivity (Wildman–Crippen MR) is 100 cm³/mol. The molecule has 1 heterocycles. The normalized spacial score (nSPS) is 10.5. The molecule has 3 aromatic rings. The van der Waals surface area contributed by atoms with E-state index in [2.05, 4.69) is 15.6 Å². The van der Waals surface area contributed by atoms with E-state index in [4.69, 9.17) is 0 Å². The van der Waals surface area contributed by atoms with Crippen LogP contribution in [0.3, 0.4) is 0 Å². The average molecular weight is 336 g/mol. The van der Waals surface area contributed by atoms with Gasteiger partial charge in [0.05, 0.1) is 11.2 Å². The topological polar surface area (TPSA) is 77.2 Å². The number of urea groups is 1. The number of hydrogen-bond acceptors (Lipinski definition) is 2. The monoisotopic (exact) mass is 336 g/mol. The van der Waals surface area contributed by atoms with E-state index in [0.29, 0.717) is 16.9 Å². The van der Waals surface area contributed by atoms with E-state index in [1.54, 1.807) is 32.3 Å². The van der Waals surface area contributed by atoms with Gasteiger partial charge in [0.15, 0.2) is 0 Å². The Morgan fingerprint density at radius 2 is 1.84 bits per heavy atom. The van der Waals surface area contributed by atoms with Crippen LogP contribution < -0.4 is 10.6 Å². The van der Waals surface area contributed by atoms with Gasteiger partial charge >= 0.3 is 6.03 Å². The third-order valence-corrected chi connectivity index (χ3v) is 3.96. The Bertz CT molecular complexity index is 944. The first-order chi connectivity index (χ1) is 12.0. The van der Waals surface area contributed by atoms with Crippen molar-refractivity contribution < 1.29 is 9.59 Å². The maximum Gasteiger partial charge on any atom is 0.323 e. The molecular weight excluding hydrogens is 316 g/mol. The number of aromatic nitrogens is 1. The highest BCUT2D eigenvalue weighted by Crippen LogP contribution is 2.22. The fourth-order valence-corrected chi connectivity index (χ4v) is 2.70. The van der Waals surface area contributed by atoms with Crippen LogP contribution in [0.25, 0.3) is 10.9 Å². The third-order valence-electron chi connectivity index (χ3n) is 3.96. The molecular formula is C19H20N4O2. The Kier molecular flexibility index (Phi) is 4.43. The largest absolute Gasteiger partial charge is 0.359 e. The second kappa shape index (κ2) is 6.68. The van der Waals surface area contributed by atoms with Gasteiger partial charge in [-0.1, -0.05) is 12.1 Å². The van der Waals surface area contributed by atoms with E-state index in [-0.39, 0.29) is 11.9 Å². The highest BCUT2D eigenvalue weighted by Gasteiger charge is 2.12. The number of benzene rings is 2. The molecule has 6 heteroatoms. The first kappa shape index (κ1) is 16.6. The number of aromatic amines is 1. The Morgan fingerprint density at radius 3 is 2.56 bits per heavy atom. The maximum absolute atomic E-state index is 12.3. The Morgan fingerprint density at radius 1 is 1.04 bits per heavy atom. The number of nitrogens with zero attached hydrogens (tertiary/aromatic N) is 1. The van der Waals surface area contributed by atoms with Crippen LogP contribution in [0.15, 0.2) is 48.7 Å². The molecule has 0 aliphatic heterocycles. The molecule has 0 aliphatic carbocycles. The molecule has 6 nitrogen and oxygen atoms in total. The molecule has 0 fully saturated rings. The summed E-state index contributed by atoms with van der Waals surface area (Å²) in [6.07, 6.45) is 1.83. The van der Waals surface area contributed by atoms with Gasteiger partial charge < -0.3 is 20.5 Å². The van der Waals surface area contributed by atoms with E-state index in [1.807, 2.05) is 37.4 Å². The van der Waals surface area contributed by atoms with Gasteiger partial charge in [0.25, 0.3) is 5.91 Å². The van der Waals surface area contributed by atoms with Gasteiger partial charge in [-0.3, -0.25) is 4.79 Å². The van der Waals surface area contributed by atoms with Crippen molar-refractivity contribution in [2.45, 2.75) is 6.92 Å². The molecule has 0 saturated carbocycles. The van der Waals surface area contributed by atoms with Crippen LogP contribution in [-0.4, -0.2) is 35.9 Å².